The fourth-order valence-electron chi connectivity index (χ4n) is 3.99. The Bertz CT molecular complexity index is 1190. The normalized spacial score (nSPS) is 17.7. The lowest BCUT2D eigenvalue weighted by atomic mass is 9.87. The van der Waals surface area contributed by atoms with E-state index in [1.54, 1.807) is 36.4 Å². The van der Waals surface area contributed by atoms with Crippen molar-refractivity contribution in [3.05, 3.63) is 98.5 Å². The predicted octanol–water partition coefficient (Wildman–Crippen LogP) is 5.62. The van der Waals surface area contributed by atoms with Crippen LogP contribution in [0.2, 0.25) is 10.0 Å². The largest absolute Gasteiger partial charge is 0.375 e. The summed E-state index contributed by atoms with van der Waals surface area (Å²) in [5, 5.41) is 12.5. The highest BCUT2D eigenvalue weighted by atomic mass is 35.5. The molecule has 1 atom stereocenters. The average molecular weight is 454 g/mol. The summed E-state index contributed by atoms with van der Waals surface area (Å²) in [5.74, 6) is -0.838. The van der Waals surface area contributed by atoms with Crippen molar-refractivity contribution >= 4 is 40.6 Å². The van der Waals surface area contributed by atoms with Crippen LogP contribution in [0.1, 0.15) is 39.0 Å². The maximum atomic E-state index is 13.4. The number of carbonyl (C=O) groups is 2. The summed E-state index contributed by atoms with van der Waals surface area (Å²) in [5.41, 5.74) is 1.99. The number of carbonyl (C=O) groups excluding carboxylic acids is 2. The van der Waals surface area contributed by atoms with Crippen LogP contribution >= 0.6 is 23.2 Å². The Labute approximate surface area is 191 Å². The van der Waals surface area contributed by atoms with Crippen LogP contribution in [0.4, 0.5) is 5.69 Å². The molecule has 4 rings (SSSR count). The van der Waals surface area contributed by atoms with Crippen molar-refractivity contribution in [2.45, 2.75) is 32.4 Å². The second-order valence-corrected chi connectivity index (χ2v) is 8.83. The SMILES string of the molecule is Cc1ccc(C)c(C(=O)C[C@@]2(O)C(=O)N(Cc3ccc(Cl)cc3)c3ccc(Cl)cc32)c1. The molecule has 1 aliphatic rings. The highest BCUT2D eigenvalue weighted by Gasteiger charge is 2.51. The molecule has 0 aromatic heterocycles. The van der Waals surface area contributed by atoms with Crippen molar-refractivity contribution in [1.82, 2.24) is 0 Å². The van der Waals surface area contributed by atoms with Gasteiger partial charge in [0, 0.05) is 21.2 Å². The number of aryl methyl sites for hydroxylation is 2. The van der Waals surface area contributed by atoms with E-state index >= 15 is 0 Å². The molecular formula is C25H21Cl2NO3. The highest BCUT2D eigenvalue weighted by molar-refractivity contribution is 6.31. The van der Waals surface area contributed by atoms with E-state index in [-0.39, 0.29) is 18.7 Å². The van der Waals surface area contributed by atoms with Crippen LogP contribution < -0.4 is 4.90 Å². The van der Waals surface area contributed by atoms with Gasteiger partial charge in [0.15, 0.2) is 11.4 Å². The molecule has 1 N–H and O–H groups in total. The van der Waals surface area contributed by atoms with Gasteiger partial charge in [-0.2, -0.15) is 0 Å². The summed E-state index contributed by atoms with van der Waals surface area (Å²) in [4.78, 5) is 28.1. The van der Waals surface area contributed by atoms with Crippen molar-refractivity contribution in [2.75, 3.05) is 4.90 Å². The van der Waals surface area contributed by atoms with Crippen molar-refractivity contribution in [3.63, 3.8) is 0 Å². The number of nitrogens with zero attached hydrogens (tertiary/aromatic N) is 1. The van der Waals surface area contributed by atoms with Crippen LogP contribution in [0.5, 0.6) is 0 Å². The molecule has 6 heteroatoms. The van der Waals surface area contributed by atoms with Gasteiger partial charge in [-0.15, -0.1) is 0 Å². The number of hydrogen-bond acceptors (Lipinski definition) is 3. The van der Waals surface area contributed by atoms with E-state index in [2.05, 4.69) is 0 Å². The van der Waals surface area contributed by atoms with Gasteiger partial charge < -0.3 is 10.0 Å². The van der Waals surface area contributed by atoms with Crippen LogP contribution in [0.25, 0.3) is 0 Å². The van der Waals surface area contributed by atoms with Crippen molar-refractivity contribution in [3.8, 4) is 0 Å². The number of halogens is 2. The van der Waals surface area contributed by atoms with Gasteiger partial charge in [-0.1, -0.05) is 53.0 Å². The van der Waals surface area contributed by atoms with Gasteiger partial charge in [-0.3, -0.25) is 9.59 Å². The molecule has 1 amide bonds. The van der Waals surface area contributed by atoms with E-state index in [1.807, 2.05) is 38.1 Å². The standard InChI is InChI=1S/C25H21Cl2NO3/c1-15-3-4-16(2)20(11-15)23(29)13-25(31)21-12-19(27)9-10-22(21)28(24(25)30)14-17-5-7-18(26)8-6-17/h3-12,31H,13-14H2,1-2H3/t25-/m0/s1. The molecule has 0 spiro atoms. The smallest absolute Gasteiger partial charge is 0.264 e. The molecule has 158 valence electrons. The molecule has 1 heterocycles. The third-order valence-electron chi connectivity index (χ3n) is 5.66. The molecule has 3 aromatic carbocycles. The molecule has 31 heavy (non-hydrogen) atoms. The van der Waals surface area contributed by atoms with E-state index in [0.717, 1.165) is 16.7 Å². The zero-order chi connectivity index (χ0) is 22.3. The summed E-state index contributed by atoms with van der Waals surface area (Å²) in [6, 6.07) is 17.6. The Morgan fingerprint density at radius 3 is 2.35 bits per heavy atom. The Morgan fingerprint density at radius 2 is 1.65 bits per heavy atom. The molecule has 1 aliphatic heterocycles. The van der Waals surface area contributed by atoms with Gasteiger partial charge in [-0.05, 0) is 61.4 Å². The third-order valence-corrected chi connectivity index (χ3v) is 6.14. The zero-order valence-corrected chi connectivity index (χ0v) is 18.7. The first kappa shape index (κ1) is 21.6. The first-order valence-corrected chi connectivity index (χ1v) is 10.6. The molecular weight excluding hydrogens is 433 g/mol. The molecule has 0 bridgehead atoms. The first-order chi connectivity index (χ1) is 14.7. The second-order valence-electron chi connectivity index (χ2n) is 7.96. The maximum absolute atomic E-state index is 13.4. The van der Waals surface area contributed by atoms with E-state index in [4.69, 9.17) is 23.2 Å². The van der Waals surface area contributed by atoms with Crippen LogP contribution in [-0.2, 0) is 16.9 Å². The Kier molecular flexibility index (Phi) is 5.65. The summed E-state index contributed by atoms with van der Waals surface area (Å²) in [6.45, 7) is 3.98. The summed E-state index contributed by atoms with van der Waals surface area (Å²) in [7, 11) is 0. The average Bonchev–Trinajstić information content (AvgIpc) is 2.92. The summed E-state index contributed by atoms with van der Waals surface area (Å²) >= 11 is 12.2. The topological polar surface area (TPSA) is 57.6 Å². The lowest BCUT2D eigenvalue weighted by Gasteiger charge is -2.23. The minimum atomic E-state index is -1.99. The van der Waals surface area contributed by atoms with Gasteiger partial charge in [0.25, 0.3) is 5.91 Å². The van der Waals surface area contributed by atoms with Gasteiger partial charge in [0.05, 0.1) is 18.7 Å². The number of amides is 1. The number of fused-ring (bicyclic) bond motifs is 1. The molecule has 0 unspecified atom stereocenters. The van der Waals surface area contributed by atoms with Crippen LogP contribution in [0.3, 0.4) is 0 Å². The molecule has 0 saturated carbocycles. The summed E-state index contributed by atoms with van der Waals surface area (Å²) in [6.07, 6.45) is -0.361. The van der Waals surface area contributed by atoms with Gasteiger partial charge >= 0.3 is 0 Å². The molecule has 4 nitrogen and oxygen atoms in total. The van der Waals surface area contributed by atoms with Gasteiger partial charge in [0.2, 0.25) is 0 Å². The number of ketones is 1. The van der Waals surface area contributed by atoms with E-state index in [0.29, 0.717) is 26.9 Å². The number of aliphatic hydroxyl groups is 1. The lowest BCUT2D eigenvalue weighted by Crippen LogP contribution is -2.41. The van der Waals surface area contributed by atoms with Gasteiger partial charge in [-0.25, -0.2) is 0 Å². The van der Waals surface area contributed by atoms with E-state index < -0.39 is 11.5 Å². The molecule has 0 aliphatic carbocycles. The van der Waals surface area contributed by atoms with E-state index in [9.17, 15) is 14.7 Å². The van der Waals surface area contributed by atoms with E-state index in [1.165, 1.54) is 4.90 Å². The predicted molar refractivity (Wildman–Crippen MR) is 123 cm³/mol. The fraction of sp³-hybridized carbons (Fsp3) is 0.200. The number of Topliss-reactive ketones (excluding diaryl/α,β-unsaturated/α-hetero) is 1. The number of hydrogen-bond donors (Lipinski definition) is 1. The van der Waals surface area contributed by atoms with Crippen LogP contribution in [0, 0.1) is 13.8 Å². The quantitative estimate of drug-likeness (QED) is 0.510. The first-order valence-electron chi connectivity index (χ1n) is 9.88. The Morgan fingerprint density at radius 1 is 0.968 bits per heavy atom. The third kappa shape index (κ3) is 3.99. The fourth-order valence-corrected chi connectivity index (χ4v) is 4.28. The second kappa shape index (κ2) is 8.12. The number of benzene rings is 3. The van der Waals surface area contributed by atoms with Gasteiger partial charge in [0.1, 0.15) is 0 Å². The minimum absolute atomic E-state index is 0.241. The number of rotatable bonds is 5. The summed E-state index contributed by atoms with van der Waals surface area (Å²) < 4.78 is 0. The zero-order valence-electron chi connectivity index (χ0n) is 17.2. The molecule has 0 fully saturated rings. The highest BCUT2D eigenvalue weighted by Crippen LogP contribution is 2.45. The maximum Gasteiger partial charge on any atom is 0.264 e. The number of anilines is 1. The Balaban J connectivity index is 1.72. The Hall–Kier alpha value is -2.66. The molecule has 3 aromatic rings. The van der Waals surface area contributed by atoms with Crippen LogP contribution in [-0.4, -0.2) is 16.8 Å². The molecule has 0 radical (unpaired) electrons. The monoisotopic (exact) mass is 453 g/mol. The van der Waals surface area contributed by atoms with Crippen molar-refractivity contribution < 1.29 is 14.7 Å². The van der Waals surface area contributed by atoms with Crippen molar-refractivity contribution in [2.24, 2.45) is 0 Å². The van der Waals surface area contributed by atoms with Crippen LogP contribution in [0.15, 0.2) is 60.7 Å². The van der Waals surface area contributed by atoms with Crippen molar-refractivity contribution in [1.29, 1.82) is 0 Å². The minimum Gasteiger partial charge on any atom is -0.375 e. The molecule has 0 saturated heterocycles. The lowest BCUT2D eigenvalue weighted by molar-refractivity contribution is -0.136.